The monoisotopic (exact) mass is 374 g/mol. The smallest absolute Gasteiger partial charge is 0.387 e. The number of benzene rings is 2. The van der Waals surface area contributed by atoms with Gasteiger partial charge < -0.3 is 15.0 Å². The number of carbonyl (C=O) groups is 2. The number of likely N-dealkylation sites (tertiary alicyclic amines) is 1. The lowest BCUT2D eigenvalue weighted by atomic mass is 10.1. The second-order valence-electron chi connectivity index (χ2n) is 6.32. The first kappa shape index (κ1) is 18.8. The van der Waals surface area contributed by atoms with Gasteiger partial charge in [0.05, 0.1) is 6.42 Å². The van der Waals surface area contributed by atoms with Crippen molar-refractivity contribution in [1.29, 1.82) is 0 Å². The summed E-state index contributed by atoms with van der Waals surface area (Å²) < 4.78 is 28.5. The van der Waals surface area contributed by atoms with E-state index in [1.165, 1.54) is 12.1 Å². The van der Waals surface area contributed by atoms with Gasteiger partial charge in [0.2, 0.25) is 5.91 Å². The third-order valence-corrected chi connectivity index (χ3v) is 4.32. The number of nitrogens with one attached hydrogen (secondary N) is 1. The van der Waals surface area contributed by atoms with Crippen LogP contribution in [0.2, 0.25) is 0 Å². The highest BCUT2D eigenvalue weighted by atomic mass is 19.3. The lowest BCUT2D eigenvalue weighted by Gasteiger charge is -2.15. The van der Waals surface area contributed by atoms with Crippen molar-refractivity contribution < 1.29 is 23.1 Å². The first-order valence-electron chi connectivity index (χ1n) is 8.74. The fourth-order valence-corrected chi connectivity index (χ4v) is 2.98. The van der Waals surface area contributed by atoms with E-state index in [9.17, 15) is 18.4 Å². The quantitative estimate of drug-likeness (QED) is 0.839. The fraction of sp³-hybridized carbons (Fsp3) is 0.300. The van der Waals surface area contributed by atoms with Crippen LogP contribution in [0.5, 0.6) is 5.75 Å². The summed E-state index contributed by atoms with van der Waals surface area (Å²) in [7, 11) is 0. The molecule has 3 rings (SSSR count). The summed E-state index contributed by atoms with van der Waals surface area (Å²) in [5.41, 5.74) is 1.87. The summed E-state index contributed by atoms with van der Waals surface area (Å²) >= 11 is 0. The summed E-state index contributed by atoms with van der Waals surface area (Å²) in [5.74, 6) is -0.181. The minimum absolute atomic E-state index is 0.0106. The highest BCUT2D eigenvalue weighted by Crippen LogP contribution is 2.17. The van der Waals surface area contributed by atoms with E-state index in [1.807, 2.05) is 4.90 Å². The normalized spacial score (nSPS) is 13.7. The molecule has 0 bridgehead atoms. The summed E-state index contributed by atoms with van der Waals surface area (Å²) in [5, 5.41) is 2.76. The lowest BCUT2D eigenvalue weighted by molar-refractivity contribution is -0.115. The summed E-state index contributed by atoms with van der Waals surface area (Å²) in [6, 6.07) is 12.7. The van der Waals surface area contributed by atoms with Crippen LogP contribution in [0.25, 0.3) is 0 Å². The Bertz CT molecular complexity index is 786. The molecule has 5 nitrogen and oxygen atoms in total. The molecule has 142 valence electrons. The maximum Gasteiger partial charge on any atom is 0.387 e. The second kappa shape index (κ2) is 8.62. The Labute approximate surface area is 155 Å². The Kier molecular flexibility index (Phi) is 6.01. The van der Waals surface area contributed by atoms with E-state index in [0.717, 1.165) is 25.9 Å². The molecule has 1 saturated heterocycles. The molecule has 7 heteroatoms. The minimum Gasteiger partial charge on any atom is -0.435 e. The molecule has 0 radical (unpaired) electrons. The van der Waals surface area contributed by atoms with Crippen LogP contribution in [-0.2, 0) is 11.2 Å². The van der Waals surface area contributed by atoms with Crippen LogP contribution in [-0.4, -0.2) is 36.4 Å². The van der Waals surface area contributed by atoms with Gasteiger partial charge in [-0.05, 0) is 54.8 Å². The Morgan fingerprint density at radius 3 is 2.22 bits per heavy atom. The van der Waals surface area contributed by atoms with Gasteiger partial charge in [0.25, 0.3) is 5.91 Å². The molecule has 27 heavy (non-hydrogen) atoms. The van der Waals surface area contributed by atoms with Crippen LogP contribution in [0.15, 0.2) is 48.5 Å². The number of halogens is 2. The molecule has 0 atom stereocenters. The number of ether oxygens (including phenoxy) is 1. The zero-order valence-corrected chi connectivity index (χ0v) is 14.7. The number of nitrogens with zero attached hydrogens (tertiary/aromatic N) is 1. The number of alkyl halides is 2. The van der Waals surface area contributed by atoms with Gasteiger partial charge in [0, 0.05) is 24.3 Å². The van der Waals surface area contributed by atoms with Crippen molar-refractivity contribution in [3.63, 3.8) is 0 Å². The van der Waals surface area contributed by atoms with Gasteiger partial charge >= 0.3 is 6.61 Å². The third kappa shape index (κ3) is 5.26. The molecule has 2 aromatic carbocycles. The van der Waals surface area contributed by atoms with Crippen LogP contribution in [0.4, 0.5) is 14.5 Å². The molecule has 1 aliphatic heterocycles. The second-order valence-corrected chi connectivity index (χ2v) is 6.32. The molecule has 1 N–H and O–H groups in total. The van der Waals surface area contributed by atoms with Crippen molar-refractivity contribution in [2.75, 3.05) is 18.4 Å². The Balaban J connectivity index is 1.53. The van der Waals surface area contributed by atoms with E-state index in [-0.39, 0.29) is 24.0 Å². The largest absolute Gasteiger partial charge is 0.435 e. The van der Waals surface area contributed by atoms with Gasteiger partial charge in [0.1, 0.15) is 5.75 Å². The zero-order valence-electron chi connectivity index (χ0n) is 14.7. The molecule has 0 saturated carbocycles. The predicted molar refractivity (Wildman–Crippen MR) is 97.0 cm³/mol. The first-order chi connectivity index (χ1) is 13.0. The highest BCUT2D eigenvalue weighted by Gasteiger charge is 2.19. The molecule has 0 unspecified atom stereocenters. The van der Waals surface area contributed by atoms with Gasteiger partial charge in [-0.15, -0.1) is 0 Å². The Hall–Kier alpha value is -2.96. The molecule has 1 fully saturated rings. The third-order valence-electron chi connectivity index (χ3n) is 4.32. The molecule has 1 heterocycles. The van der Waals surface area contributed by atoms with Crippen molar-refractivity contribution in [2.24, 2.45) is 0 Å². The number of carbonyl (C=O) groups excluding carboxylic acids is 2. The maximum absolute atomic E-state index is 12.3. The molecule has 0 spiro atoms. The average Bonchev–Trinajstić information content (AvgIpc) is 3.18. The molecule has 2 amide bonds. The zero-order chi connectivity index (χ0) is 19.2. The number of amides is 2. The number of anilines is 1. The van der Waals surface area contributed by atoms with Gasteiger partial charge in [-0.1, -0.05) is 12.1 Å². The van der Waals surface area contributed by atoms with Gasteiger partial charge in [-0.25, -0.2) is 0 Å². The highest BCUT2D eigenvalue weighted by molar-refractivity contribution is 5.96. The summed E-state index contributed by atoms with van der Waals surface area (Å²) in [4.78, 5) is 26.3. The van der Waals surface area contributed by atoms with Crippen molar-refractivity contribution in [1.82, 2.24) is 4.90 Å². The van der Waals surface area contributed by atoms with Gasteiger partial charge in [0.15, 0.2) is 0 Å². The van der Waals surface area contributed by atoms with Crippen molar-refractivity contribution in [3.05, 3.63) is 59.7 Å². The van der Waals surface area contributed by atoms with E-state index in [1.54, 1.807) is 36.4 Å². The minimum atomic E-state index is -2.88. The average molecular weight is 374 g/mol. The topological polar surface area (TPSA) is 58.6 Å². The van der Waals surface area contributed by atoms with E-state index in [2.05, 4.69) is 10.1 Å². The van der Waals surface area contributed by atoms with Crippen molar-refractivity contribution >= 4 is 17.5 Å². The molecule has 1 aliphatic rings. The van der Waals surface area contributed by atoms with Gasteiger partial charge in [-0.2, -0.15) is 8.78 Å². The van der Waals surface area contributed by atoms with Gasteiger partial charge in [-0.3, -0.25) is 9.59 Å². The number of hydrogen-bond acceptors (Lipinski definition) is 3. The maximum atomic E-state index is 12.3. The van der Waals surface area contributed by atoms with Crippen LogP contribution in [0, 0.1) is 0 Å². The number of hydrogen-bond donors (Lipinski definition) is 1. The van der Waals surface area contributed by atoms with E-state index >= 15 is 0 Å². The van der Waals surface area contributed by atoms with Crippen LogP contribution >= 0.6 is 0 Å². The lowest BCUT2D eigenvalue weighted by Crippen LogP contribution is -2.27. The molecular formula is C20H20F2N2O3. The predicted octanol–water partition coefficient (Wildman–Crippen LogP) is 3.71. The van der Waals surface area contributed by atoms with Crippen LogP contribution < -0.4 is 10.1 Å². The van der Waals surface area contributed by atoms with E-state index in [0.29, 0.717) is 16.8 Å². The Morgan fingerprint density at radius 2 is 1.63 bits per heavy atom. The molecule has 2 aromatic rings. The summed E-state index contributed by atoms with van der Waals surface area (Å²) in [6.07, 6.45) is 2.17. The SMILES string of the molecule is O=C(Cc1ccc(OC(F)F)cc1)Nc1ccc(C(=O)N2CCCC2)cc1. The molecule has 0 aromatic heterocycles. The van der Waals surface area contributed by atoms with Crippen LogP contribution in [0.3, 0.4) is 0 Å². The summed E-state index contributed by atoms with van der Waals surface area (Å²) in [6.45, 7) is -1.30. The fourth-order valence-electron chi connectivity index (χ4n) is 2.98. The molecule has 0 aliphatic carbocycles. The van der Waals surface area contributed by atoms with E-state index < -0.39 is 6.61 Å². The first-order valence-corrected chi connectivity index (χ1v) is 8.74. The van der Waals surface area contributed by atoms with Crippen LogP contribution in [0.1, 0.15) is 28.8 Å². The van der Waals surface area contributed by atoms with Crippen molar-refractivity contribution in [3.8, 4) is 5.75 Å². The number of rotatable bonds is 6. The van der Waals surface area contributed by atoms with Crippen molar-refractivity contribution in [2.45, 2.75) is 25.9 Å². The van der Waals surface area contributed by atoms with E-state index in [4.69, 9.17) is 0 Å². The standard InChI is InChI=1S/C20H20F2N2O3/c21-20(22)27-17-9-3-14(4-10-17)13-18(25)23-16-7-5-15(6-8-16)19(26)24-11-1-2-12-24/h3-10,20H,1-2,11-13H2,(H,23,25). The Morgan fingerprint density at radius 1 is 1.00 bits per heavy atom. The molecular weight excluding hydrogens is 354 g/mol.